The minimum Gasteiger partial charge on any atom is -0.456 e. The van der Waals surface area contributed by atoms with Crippen molar-refractivity contribution in [3.8, 4) is 22.3 Å². The van der Waals surface area contributed by atoms with Crippen molar-refractivity contribution < 1.29 is 8.83 Å². The Morgan fingerprint density at radius 2 is 1.03 bits per heavy atom. The highest BCUT2D eigenvalue weighted by Crippen LogP contribution is 2.41. The zero-order valence-electron chi connectivity index (χ0n) is 32.6. The Labute approximate surface area is 353 Å². The zero-order chi connectivity index (χ0) is 40.0. The number of nitrogens with one attached hydrogen (secondary N) is 1. The van der Waals surface area contributed by atoms with Gasteiger partial charge in [0.15, 0.2) is 5.84 Å². The highest BCUT2D eigenvalue weighted by molar-refractivity contribution is 7.25. The van der Waals surface area contributed by atoms with Crippen LogP contribution in [0.1, 0.15) is 22.9 Å². The van der Waals surface area contributed by atoms with Gasteiger partial charge in [-0.2, -0.15) is 0 Å². The van der Waals surface area contributed by atoms with Crippen LogP contribution in [0.2, 0.25) is 0 Å². The summed E-state index contributed by atoms with van der Waals surface area (Å²) in [4.78, 5) is 10.7. The normalized spacial score (nSPS) is 14.4. The van der Waals surface area contributed by atoms with E-state index >= 15 is 0 Å². The van der Waals surface area contributed by atoms with Crippen LogP contribution in [0.3, 0.4) is 0 Å². The third-order valence-corrected chi connectivity index (χ3v) is 13.3. The number of nitrogens with zero attached hydrogens (tertiary/aromatic N) is 2. The molecule has 0 saturated heterocycles. The van der Waals surface area contributed by atoms with Gasteiger partial charge in [-0.1, -0.05) is 146 Å². The molecule has 12 aromatic rings. The van der Waals surface area contributed by atoms with E-state index in [-0.39, 0.29) is 6.17 Å². The Kier molecular flexibility index (Phi) is 7.47. The van der Waals surface area contributed by atoms with Gasteiger partial charge in [-0.15, -0.1) is 11.3 Å². The Morgan fingerprint density at radius 1 is 0.426 bits per heavy atom. The summed E-state index contributed by atoms with van der Waals surface area (Å²) in [7, 11) is 0. The molecule has 4 heterocycles. The SMILES string of the molecule is c1ccc2c(-c3ccc(C4=NC(c5cccc6oc7cc(-c8cccc9oc%10ccccc%10c89)ccc7c56)=NC(c5ccc6c(c5)sc5ccccc56)N4)cc3)cccc2c1. The summed E-state index contributed by atoms with van der Waals surface area (Å²) >= 11 is 1.82. The van der Waals surface area contributed by atoms with E-state index in [4.69, 9.17) is 18.8 Å². The van der Waals surface area contributed by atoms with E-state index in [9.17, 15) is 0 Å². The molecule has 1 N–H and O–H groups in total. The summed E-state index contributed by atoms with van der Waals surface area (Å²) in [6.45, 7) is 0. The van der Waals surface area contributed by atoms with Crippen molar-refractivity contribution in [2.75, 3.05) is 0 Å². The van der Waals surface area contributed by atoms with Crippen LogP contribution in [0.4, 0.5) is 0 Å². The average Bonchev–Trinajstić information content (AvgIpc) is 4.02. The number of fused-ring (bicyclic) bond motifs is 10. The molecule has 61 heavy (non-hydrogen) atoms. The minimum absolute atomic E-state index is 0.375. The fourth-order valence-corrected chi connectivity index (χ4v) is 10.4. The largest absolute Gasteiger partial charge is 0.456 e. The number of hydrogen-bond donors (Lipinski definition) is 1. The lowest BCUT2D eigenvalue weighted by atomic mass is 9.97. The number of amidine groups is 2. The molecule has 9 aromatic carbocycles. The standard InChI is InChI=1S/C55H33N3O2S/c1-2-12-37-32(10-1)11-7-15-38(37)33-22-24-34(25-23-33)53-56-54(36-27-28-41-40-13-4-6-21-49(40)61-50(41)31-36)58-55(57-53)44-17-9-20-47-52(44)43-29-26-35(30-48(43)60-47)39-16-8-19-46-51(39)42-14-3-5-18-45(42)59-46/h1-31,54H,(H,56,57,58). The number of thiophene rings is 1. The Balaban J connectivity index is 0.950. The molecule has 3 aromatic heterocycles. The van der Waals surface area contributed by atoms with Crippen LogP contribution >= 0.6 is 11.3 Å². The molecular weight excluding hydrogens is 767 g/mol. The number of para-hydroxylation sites is 1. The first-order valence-corrected chi connectivity index (χ1v) is 21.3. The summed E-state index contributed by atoms with van der Waals surface area (Å²) in [6.07, 6.45) is -0.375. The van der Waals surface area contributed by atoms with Crippen LogP contribution in [0.25, 0.3) is 97.1 Å². The molecule has 0 radical (unpaired) electrons. The van der Waals surface area contributed by atoms with E-state index in [1.165, 1.54) is 36.5 Å². The lowest BCUT2D eigenvalue weighted by Gasteiger charge is -2.24. The number of furan rings is 2. The second-order valence-corrected chi connectivity index (χ2v) is 16.8. The molecule has 1 aliphatic heterocycles. The minimum atomic E-state index is -0.375. The van der Waals surface area contributed by atoms with Crippen molar-refractivity contribution in [1.29, 1.82) is 0 Å². The maximum absolute atomic E-state index is 6.67. The molecule has 0 bridgehead atoms. The molecule has 1 atom stereocenters. The summed E-state index contributed by atoms with van der Waals surface area (Å²) in [5.74, 6) is 1.42. The summed E-state index contributed by atoms with van der Waals surface area (Å²) in [6, 6.07) is 66.2. The van der Waals surface area contributed by atoms with E-state index in [1.807, 2.05) is 41.7 Å². The fourth-order valence-electron chi connectivity index (χ4n) is 9.28. The first-order chi connectivity index (χ1) is 30.2. The van der Waals surface area contributed by atoms with Gasteiger partial charge in [0.2, 0.25) is 0 Å². The molecule has 0 saturated carbocycles. The molecular formula is C55H33N3O2S. The highest BCUT2D eigenvalue weighted by Gasteiger charge is 2.25. The Bertz CT molecular complexity index is 3810. The van der Waals surface area contributed by atoms with Crippen molar-refractivity contribution in [2.45, 2.75) is 6.17 Å². The van der Waals surface area contributed by atoms with Gasteiger partial charge in [-0.3, -0.25) is 0 Å². The first-order valence-electron chi connectivity index (χ1n) is 20.5. The summed E-state index contributed by atoms with van der Waals surface area (Å²) in [5.41, 5.74) is 10.9. The van der Waals surface area contributed by atoms with Gasteiger partial charge < -0.3 is 14.2 Å². The van der Waals surface area contributed by atoms with Gasteiger partial charge in [0, 0.05) is 52.8 Å². The van der Waals surface area contributed by atoms with Crippen LogP contribution in [0.5, 0.6) is 0 Å². The quantitative estimate of drug-likeness (QED) is 0.189. The van der Waals surface area contributed by atoms with Crippen molar-refractivity contribution >= 4 is 97.8 Å². The van der Waals surface area contributed by atoms with Gasteiger partial charge in [-0.05, 0) is 81.1 Å². The van der Waals surface area contributed by atoms with Gasteiger partial charge in [0.05, 0.1) is 0 Å². The molecule has 5 nitrogen and oxygen atoms in total. The third-order valence-electron chi connectivity index (χ3n) is 12.2. The molecule has 286 valence electrons. The van der Waals surface area contributed by atoms with Crippen LogP contribution in [-0.2, 0) is 0 Å². The molecule has 1 aliphatic rings. The molecule has 1 unspecified atom stereocenters. The zero-order valence-corrected chi connectivity index (χ0v) is 33.4. The van der Waals surface area contributed by atoms with E-state index in [0.29, 0.717) is 5.84 Å². The van der Waals surface area contributed by atoms with Gasteiger partial charge in [0.25, 0.3) is 0 Å². The van der Waals surface area contributed by atoms with E-state index in [0.717, 1.165) is 83.1 Å². The molecule has 0 aliphatic carbocycles. The lowest BCUT2D eigenvalue weighted by molar-refractivity contribution is 0.668. The van der Waals surface area contributed by atoms with E-state index < -0.39 is 0 Å². The van der Waals surface area contributed by atoms with Crippen molar-refractivity contribution in [3.05, 3.63) is 205 Å². The van der Waals surface area contributed by atoms with Gasteiger partial charge in [0.1, 0.15) is 34.3 Å². The summed E-state index contributed by atoms with van der Waals surface area (Å²) in [5, 5.41) is 12.9. The first kappa shape index (κ1) is 34.1. The van der Waals surface area contributed by atoms with E-state index in [2.05, 4.69) is 163 Å². The second kappa shape index (κ2) is 13.4. The second-order valence-electron chi connectivity index (χ2n) is 15.7. The van der Waals surface area contributed by atoms with Crippen LogP contribution in [0.15, 0.2) is 207 Å². The topological polar surface area (TPSA) is 63.0 Å². The molecule has 13 rings (SSSR count). The average molecular weight is 800 g/mol. The Morgan fingerprint density at radius 3 is 1.92 bits per heavy atom. The molecule has 0 spiro atoms. The number of rotatable bonds is 5. The summed E-state index contributed by atoms with van der Waals surface area (Å²) < 4.78 is 15.4. The fraction of sp³-hybridized carbons (Fsp3) is 0.0182. The maximum atomic E-state index is 6.67. The number of hydrogen-bond acceptors (Lipinski definition) is 6. The number of benzene rings is 9. The number of aliphatic imine (C=N–C) groups is 2. The monoisotopic (exact) mass is 799 g/mol. The van der Waals surface area contributed by atoms with Gasteiger partial charge >= 0.3 is 0 Å². The molecule has 0 amide bonds. The van der Waals surface area contributed by atoms with Crippen LogP contribution in [-0.4, -0.2) is 11.7 Å². The van der Waals surface area contributed by atoms with Gasteiger partial charge in [-0.25, -0.2) is 9.98 Å². The van der Waals surface area contributed by atoms with Crippen molar-refractivity contribution in [2.24, 2.45) is 9.98 Å². The van der Waals surface area contributed by atoms with Crippen molar-refractivity contribution in [3.63, 3.8) is 0 Å². The predicted octanol–water partition coefficient (Wildman–Crippen LogP) is 14.8. The van der Waals surface area contributed by atoms with Crippen LogP contribution < -0.4 is 5.32 Å². The molecule has 0 fully saturated rings. The van der Waals surface area contributed by atoms with Crippen molar-refractivity contribution in [1.82, 2.24) is 5.32 Å². The third kappa shape index (κ3) is 5.46. The maximum Gasteiger partial charge on any atom is 0.160 e. The highest BCUT2D eigenvalue weighted by atomic mass is 32.1. The molecule has 6 heteroatoms. The smallest absolute Gasteiger partial charge is 0.160 e. The van der Waals surface area contributed by atoms with E-state index in [1.54, 1.807) is 0 Å². The lowest BCUT2D eigenvalue weighted by Crippen LogP contribution is -2.33. The Hall–Kier alpha value is -7.80. The van der Waals surface area contributed by atoms with Crippen LogP contribution in [0, 0.1) is 0 Å². The predicted molar refractivity (Wildman–Crippen MR) is 254 cm³/mol.